The number of piperidine rings is 1. The zero-order valence-corrected chi connectivity index (χ0v) is 37.2. The van der Waals surface area contributed by atoms with E-state index in [-0.39, 0.29) is 48.7 Å². The van der Waals surface area contributed by atoms with Crippen LogP contribution in [0.15, 0.2) is 72.2 Å². The van der Waals surface area contributed by atoms with Gasteiger partial charge in [0.05, 0.1) is 50.8 Å². The van der Waals surface area contributed by atoms with E-state index >= 15 is 0 Å². The Bertz CT molecular complexity index is 2660. The number of fused-ring (bicyclic) bond motifs is 3. The predicted molar refractivity (Wildman–Crippen MR) is 241 cm³/mol. The van der Waals surface area contributed by atoms with Crippen molar-refractivity contribution < 1.29 is 47.5 Å². The zero-order valence-electron chi connectivity index (χ0n) is 37.2. The van der Waals surface area contributed by atoms with Crippen LogP contribution in [-0.2, 0) is 16.0 Å². The summed E-state index contributed by atoms with van der Waals surface area (Å²) in [6.45, 7) is 1.37. The Morgan fingerprint density at radius 2 is 1.62 bits per heavy atom. The molecule has 5 aromatic rings. The van der Waals surface area contributed by atoms with Gasteiger partial charge < -0.3 is 48.4 Å². The average Bonchev–Trinajstić information content (AvgIpc) is 3.91. The summed E-state index contributed by atoms with van der Waals surface area (Å²) in [6.07, 6.45) is 9.30. The number of benzene rings is 3. The Balaban J connectivity index is 0.868. The normalized spacial score (nSPS) is 19.7. The highest BCUT2D eigenvalue weighted by Gasteiger charge is 2.44. The van der Waals surface area contributed by atoms with E-state index in [0.29, 0.717) is 95.2 Å². The van der Waals surface area contributed by atoms with Gasteiger partial charge in [0.2, 0.25) is 18.6 Å². The lowest BCUT2D eigenvalue weighted by Crippen LogP contribution is -2.56. The van der Waals surface area contributed by atoms with Gasteiger partial charge in [0.15, 0.2) is 28.7 Å². The molecule has 2 N–H and O–H groups in total. The van der Waals surface area contributed by atoms with Crippen LogP contribution in [-0.4, -0.2) is 108 Å². The van der Waals surface area contributed by atoms with Crippen molar-refractivity contribution in [3.8, 4) is 51.5 Å². The second-order valence-electron chi connectivity index (χ2n) is 17.5. The molecule has 2 aliphatic carbocycles. The highest BCUT2D eigenvalue weighted by Crippen LogP contribution is 2.49. The van der Waals surface area contributed by atoms with Crippen molar-refractivity contribution in [2.75, 3.05) is 47.8 Å². The first-order valence-corrected chi connectivity index (χ1v) is 22.7. The van der Waals surface area contributed by atoms with E-state index in [2.05, 4.69) is 20.3 Å². The summed E-state index contributed by atoms with van der Waals surface area (Å²) in [6, 6.07) is 15.6. The number of nitrogens with one attached hydrogen (secondary N) is 2. The van der Waals surface area contributed by atoms with Crippen LogP contribution in [0.3, 0.4) is 0 Å². The number of aromatic amines is 1. The molecule has 2 saturated carbocycles. The molecular weight excluding hydrogens is 847 g/mol. The molecule has 0 spiro atoms. The van der Waals surface area contributed by atoms with Crippen LogP contribution in [0.2, 0.25) is 0 Å². The number of carbonyl (C=O) groups is 3. The second-order valence-corrected chi connectivity index (χ2v) is 17.5. The fourth-order valence-electron chi connectivity index (χ4n) is 9.69. The van der Waals surface area contributed by atoms with Gasteiger partial charge in [0, 0.05) is 43.1 Å². The lowest BCUT2D eigenvalue weighted by Gasteiger charge is -2.43. The van der Waals surface area contributed by atoms with Crippen LogP contribution >= 0.6 is 0 Å². The summed E-state index contributed by atoms with van der Waals surface area (Å²) < 4.78 is 40.2. The number of hydrazone groups is 1. The molecule has 3 aromatic carbocycles. The smallest absolute Gasteiger partial charge is 0.413 e. The average molecular weight is 900 g/mol. The minimum atomic E-state index is -0.984. The first-order chi connectivity index (χ1) is 32.3. The third-order valence-electron chi connectivity index (χ3n) is 13.4. The van der Waals surface area contributed by atoms with E-state index in [1.807, 2.05) is 54.6 Å². The lowest BCUT2D eigenvalue weighted by molar-refractivity contribution is -0.143. The standard InChI is InChI=1S/C49H53N7O10/c1-60-32-13-10-28(11-14-32)22-35(53-49(59)66-40-24-50-45-43(40)51-26-52-44(45)41-37(63-25-29-8-9-29)16-17-38-46(41)65-27-64-38)48(58)55-20-18-31(19-21-55)56-47(57)34-7-5-4-6-33(34)42(54-56)30-12-15-36(61-2)39(23-30)62-3/h10-17,23-24,26,29,31,33-35,50H,4-9,18-22,25,27H2,1-3H3,(H,53,59)/t33-,34+,35+/m0/s1. The Kier molecular flexibility index (Phi) is 12.0. The number of hydrogen-bond acceptors (Lipinski definition) is 13. The van der Waals surface area contributed by atoms with Crippen LogP contribution in [0.5, 0.6) is 40.2 Å². The van der Waals surface area contributed by atoms with Crippen molar-refractivity contribution in [1.82, 2.24) is 30.2 Å². The van der Waals surface area contributed by atoms with Crippen molar-refractivity contribution in [2.24, 2.45) is 22.9 Å². The van der Waals surface area contributed by atoms with Gasteiger partial charge in [-0.1, -0.05) is 25.0 Å². The lowest BCUT2D eigenvalue weighted by atomic mass is 9.73. The van der Waals surface area contributed by atoms with Gasteiger partial charge in [-0.15, -0.1) is 0 Å². The maximum absolute atomic E-state index is 14.5. The maximum Gasteiger partial charge on any atom is 0.413 e. The number of rotatable bonds is 14. The fourth-order valence-corrected chi connectivity index (χ4v) is 9.69. The minimum Gasteiger partial charge on any atom is -0.497 e. The number of likely N-dealkylation sites (tertiary alicyclic amines) is 1. The molecule has 10 rings (SSSR count). The number of ether oxygens (including phenoxy) is 7. The van der Waals surface area contributed by atoms with Crippen LogP contribution in [0, 0.1) is 17.8 Å². The minimum absolute atomic E-state index is 0.0174. The molecule has 3 aliphatic heterocycles. The number of aromatic nitrogens is 3. The Hall–Kier alpha value is -7.04. The summed E-state index contributed by atoms with van der Waals surface area (Å²) in [5.74, 6) is 3.86. The molecule has 3 atom stereocenters. The molecule has 66 heavy (non-hydrogen) atoms. The van der Waals surface area contributed by atoms with Crippen LogP contribution < -0.4 is 38.5 Å². The van der Waals surface area contributed by atoms with Crippen molar-refractivity contribution in [3.63, 3.8) is 0 Å². The number of H-pyrrole nitrogens is 1. The molecule has 0 bridgehead atoms. The molecular formula is C49H53N7O10. The molecule has 17 nitrogen and oxygen atoms in total. The fraction of sp³-hybridized carbons (Fsp3) is 0.429. The molecule has 0 unspecified atom stereocenters. The van der Waals surface area contributed by atoms with Gasteiger partial charge in [-0.2, -0.15) is 5.10 Å². The monoisotopic (exact) mass is 899 g/mol. The van der Waals surface area contributed by atoms with Crippen molar-refractivity contribution in [3.05, 3.63) is 78.2 Å². The number of carbonyl (C=O) groups excluding carboxylic acids is 3. The molecule has 344 valence electrons. The molecule has 2 aromatic heterocycles. The van der Waals surface area contributed by atoms with Crippen LogP contribution in [0.25, 0.3) is 22.3 Å². The number of methoxy groups -OCH3 is 3. The number of amides is 3. The molecule has 0 radical (unpaired) electrons. The topological polar surface area (TPSA) is 188 Å². The van der Waals surface area contributed by atoms with Gasteiger partial charge in [0.25, 0.3) is 0 Å². The van der Waals surface area contributed by atoms with E-state index < -0.39 is 12.1 Å². The van der Waals surface area contributed by atoms with Crippen LogP contribution in [0.1, 0.15) is 62.5 Å². The van der Waals surface area contributed by atoms with Crippen molar-refractivity contribution >= 4 is 34.7 Å². The van der Waals surface area contributed by atoms with E-state index in [1.54, 1.807) is 31.2 Å². The highest BCUT2D eigenvalue weighted by molar-refractivity contribution is 6.07. The first kappa shape index (κ1) is 42.9. The SMILES string of the molecule is COc1ccc(C[C@@H](NC(=O)Oc2c[nH]c3c(-c4c(OCC5CC5)ccc5c4OCO5)ncnc23)C(=O)N2CCC(N3N=C(c4ccc(OC)c(OC)c4)[C@H]4CCCC[C@H]4C3=O)CC2)cc1. The van der Waals surface area contributed by atoms with Gasteiger partial charge >= 0.3 is 6.09 Å². The quantitative estimate of drug-likeness (QED) is 0.117. The second kappa shape index (κ2) is 18.4. The van der Waals surface area contributed by atoms with Gasteiger partial charge in [-0.3, -0.25) is 9.59 Å². The molecule has 3 fully saturated rings. The molecule has 5 aliphatic rings. The number of nitrogens with zero attached hydrogens (tertiary/aromatic N) is 5. The summed E-state index contributed by atoms with van der Waals surface area (Å²) in [5.41, 5.74) is 4.55. The largest absolute Gasteiger partial charge is 0.497 e. The zero-order chi connectivity index (χ0) is 45.3. The highest BCUT2D eigenvalue weighted by atomic mass is 16.7. The van der Waals surface area contributed by atoms with E-state index in [1.165, 1.54) is 12.5 Å². The summed E-state index contributed by atoms with van der Waals surface area (Å²) in [7, 11) is 4.80. The van der Waals surface area contributed by atoms with E-state index in [0.717, 1.165) is 55.4 Å². The van der Waals surface area contributed by atoms with E-state index in [9.17, 15) is 14.4 Å². The molecule has 5 heterocycles. The van der Waals surface area contributed by atoms with Crippen LogP contribution in [0.4, 0.5) is 4.79 Å². The summed E-state index contributed by atoms with van der Waals surface area (Å²) in [5, 5.41) is 9.65. The third-order valence-corrected chi connectivity index (χ3v) is 13.4. The Morgan fingerprint density at radius 3 is 2.38 bits per heavy atom. The van der Waals surface area contributed by atoms with Gasteiger partial charge in [0.1, 0.15) is 35.1 Å². The van der Waals surface area contributed by atoms with Gasteiger partial charge in [-0.25, -0.2) is 19.8 Å². The molecule has 1 saturated heterocycles. The third kappa shape index (κ3) is 8.49. The maximum atomic E-state index is 14.5. The summed E-state index contributed by atoms with van der Waals surface area (Å²) in [4.78, 5) is 56.6. The Morgan fingerprint density at radius 1 is 0.848 bits per heavy atom. The van der Waals surface area contributed by atoms with Crippen molar-refractivity contribution in [1.29, 1.82) is 0 Å². The summed E-state index contributed by atoms with van der Waals surface area (Å²) >= 11 is 0. The molecule has 3 amide bonds. The Labute approximate surface area is 381 Å². The molecule has 17 heteroatoms. The van der Waals surface area contributed by atoms with E-state index in [4.69, 9.17) is 38.3 Å². The number of hydrogen-bond donors (Lipinski definition) is 2. The predicted octanol–water partition coefficient (Wildman–Crippen LogP) is 6.91. The first-order valence-electron chi connectivity index (χ1n) is 22.7. The van der Waals surface area contributed by atoms with Gasteiger partial charge in [-0.05, 0) is 92.5 Å². The van der Waals surface area contributed by atoms with Crippen molar-refractivity contribution in [2.45, 2.75) is 69.9 Å².